The maximum Gasteiger partial charge on any atom is 0.268 e. The van der Waals surface area contributed by atoms with E-state index >= 15 is 0 Å². The summed E-state index contributed by atoms with van der Waals surface area (Å²) in [7, 11) is 2.11. The van der Waals surface area contributed by atoms with E-state index in [0.29, 0.717) is 10.7 Å². The molecule has 3 aromatic rings. The molecule has 2 atom stereocenters. The third kappa shape index (κ3) is 5.22. The topological polar surface area (TPSA) is 77.2 Å². The Morgan fingerprint density at radius 1 is 1.09 bits per heavy atom. The summed E-state index contributed by atoms with van der Waals surface area (Å²) in [6.45, 7) is 1.93. The largest absolute Gasteiger partial charge is 0.351 e. The van der Waals surface area contributed by atoms with Crippen LogP contribution in [0.1, 0.15) is 56.3 Å². The first-order valence-corrected chi connectivity index (χ1v) is 12.4. The summed E-state index contributed by atoms with van der Waals surface area (Å²) in [6, 6.07) is 9.21. The van der Waals surface area contributed by atoms with Crippen molar-refractivity contribution in [1.82, 2.24) is 20.5 Å². The Balaban J connectivity index is 0.00000259. The molecule has 2 aliphatic rings. The molecule has 0 unspecified atom stereocenters. The van der Waals surface area contributed by atoms with Crippen LogP contribution in [0.2, 0.25) is 5.02 Å². The lowest BCUT2D eigenvalue weighted by molar-refractivity contribution is 0.0862. The molecular weight excluding hydrogens is 479 g/mol. The van der Waals surface area contributed by atoms with Crippen molar-refractivity contribution in [3.8, 4) is 0 Å². The summed E-state index contributed by atoms with van der Waals surface area (Å²) in [5, 5.41) is 7.91. The van der Waals surface area contributed by atoms with Gasteiger partial charge in [0.25, 0.3) is 11.8 Å². The van der Waals surface area contributed by atoms with Crippen LogP contribution in [0.3, 0.4) is 0 Å². The quantitative estimate of drug-likeness (QED) is 0.477. The molecule has 5 rings (SSSR count). The minimum atomic E-state index is -0.155. The van der Waals surface area contributed by atoms with Crippen LogP contribution in [0.15, 0.2) is 30.3 Å². The summed E-state index contributed by atoms with van der Waals surface area (Å²) in [5.74, 6) is -0.184. The molecule has 6 nitrogen and oxygen atoms in total. The van der Waals surface area contributed by atoms with Gasteiger partial charge in [-0.3, -0.25) is 9.59 Å². The molecular formula is C24H28Cl2N4O2S. The molecule has 2 aromatic heterocycles. The Labute approximate surface area is 208 Å². The van der Waals surface area contributed by atoms with Crippen LogP contribution in [0, 0.1) is 0 Å². The van der Waals surface area contributed by atoms with Crippen molar-refractivity contribution < 1.29 is 9.59 Å². The third-order valence-electron chi connectivity index (χ3n) is 6.51. The van der Waals surface area contributed by atoms with E-state index in [1.165, 1.54) is 10.4 Å². The molecule has 3 heterocycles. The predicted octanol–water partition coefficient (Wildman–Crippen LogP) is 4.76. The SMILES string of the molecule is CN1CCc2sc(C(=O)N[C@@H]3CCCC[C@@H]3NC(=O)c3cc4cc(Cl)ccc4[nH]3)cc2C1.Cl. The van der Waals surface area contributed by atoms with Crippen LogP contribution < -0.4 is 10.6 Å². The molecule has 0 bridgehead atoms. The monoisotopic (exact) mass is 506 g/mol. The second-order valence-electron chi connectivity index (χ2n) is 8.91. The summed E-state index contributed by atoms with van der Waals surface area (Å²) < 4.78 is 0. The number of carbonyl (C=O) groups is 2. The van der Waals surface area contributed by atoms with E-state index in [1.807, 2.05) is 24.3 Å². The Kier molecular flexibility index (Phi) is 7.34. The highest BCUT2D eigenvalue weighted by atomic mass is 35.5. The van der Waals surface area contributed by atoms with Crippen molar-refractivity contribution in [2.45, 2.75) is 50.7 Å². The Hall–Kier alpha value is -2.06. The van der Waals surface area contributed by atoms with Crippen LogP contribution in [-0.2, 0) is 13.0 Å². The summed E-state index contributed by atoms with van der Waals surface area (Å²) in [4.78, 5) is 33.5. The van der Waals surface area contributed by atoms with Gasteiger partial charge in [-0.2, -0.15) is 0 Å². The summed E-state index contributed by atoms with van der Waals surface area (Å²) in [5.41, 5.74) is 2.65. The van der Waals surface area contributed by atoms with Gasteiger partial charge in [0.2, 0.25) is 0 Å². The van der Waals surface area contributed by atoms with Gasteiger partial charge in [0.05, 0.1) is 4.88 Å². The van der Waals surface area contributed by atoms with E-state index in [0.717, 1.165) is 61.0 Å². The number of aromatic amines is 1. The van der Waals surface area contributed by atoms with Crippen molar-refractivity contribution in [2.24, 2.45) is 0 Å². The number of carbonyl (C=O) groups excluding carboxylic acids is 2. The number of rotatable bonds is 4. The normalized spacial score (nSPS) is 20.7. The van der Waals surface area contributed by atoms with Crippen molar-refractivity contribution >= 4 is 58.1 Å². The number of H-pyrrole nitrogens is 1. The number of hydrogen-bond acceptors (Lipinski definition) is 4. The molecule has 176 valence electrons. The Morgan fingerprint density at radius 3 is 2.58 bits per heavy atom. The highest BCUT2D eigenvalue weighted by Crippen LogP contribution is 2.28. The van der Waals surface area contributed by atoms with E-state index in [2.05, 4.69) is 27.6 Å². The average molecular weight is 507 g/mol. The third-order valence-corrected chi connectivity index (χ3v) is 7.98. The number of thiophene rings is 1. The van der Waals surface area contributed by atoms with Gasteiger partial charge in [-0.05, 0) is 62.2 Å². The van der Waals surface area contributed by atoms with Crippen molar-refractivity contribution in [1.29, 1.82) is 0 Å². The number of fused-ring (bicyclic) bond motifs is 2. The van der Waals surface area contributed by atoms with Gasteiger partial charge in [-0.15, -0.1) is 23.7 Å². The van der Waals surface area contributed by atoms with Crippen LogP contribution in [0.4, 0.5) is 0 Å². The molecule has 0 saturated heterocycles. The Morgan fingerprint density at radius 2 is 1.82 bits per heavy atom. The second-order valence-corrected chi connectivity index (χ2v) is 10.5. The van der Waals surface area contributed by atoms with Crippen LogP contribution >= 0.6 is 35.3 Å². The van der Waals surface area contributed by atoms with Gasteiger partial charge in [-0.25, -0.2) is 0 Å². The number of halogens is 2. The fourth-order valence-electron chi connectivity index (χ4n) is 4.77. The van der Waals surface area contributed by atoms with Gasteiger partial charge in [0.1, 0.15) is 5.69 Å². The summed E-state index contributed by atoms with van der Waals surface area (Å²) in [6.07, 6.45) is 4.82. The zero-order valence-corrected chi connectivity index (χ0v) is 20.8. The highest BCUT2D eigenvalue weighted by molar-refractivity contribution is 7.14. The van der Waals surface area contributed by atoms with Gasteiger partial charge < -0.3 is 20.5 Å². The van der Waals surface area contributed by atoms with E-state index in [9.17, 15) is 9.59 Å². The first kappa shape index (κ1) is 24.1. The molecule has 1 aliphatic heterocycles. The molecule has 1 fully saturated rings. The molecule has 0 spiro atoms. The number of amides is 2. The fraction of sp³-hybridized carbons (Fsp3) is 0.417. The maximum atomic E-state index is 13.0. The summed E-state index contributed by atoms with van der Waals surface area (Å²) >= 11 is 7.67. The first-order valence-electron chi connectivity index (χ1n) is 11.2. The van der Waals surface area contributed by atoms with Crippen molar-refractivity contribution in [3.63, 3.8) is 0 Å². The van der Waals surface area contributed by atoms with Crippen LogP contribution in [-0.4, -0.2) is 47.4 Å². The zero-order chi connectivity index (χ0) is 22.2. The maximum absolute atomic E-state index is 13.0. The standard InChI is InChI=1S/C24H27ClN4O2S.ClH/c1-29-9-8-21-15(13-29)12-22(32-21)24(31)28-19-5-3-2-4-18(19)27-23(30)20-11-14-10-16(25)6-7-17(14)26-20;/h6-7,10-12,18-19,26H,2-5,8-9,13H2,1H3,(H,27,30)(H,28,31);1H/t18-,19+;/m0./s1. The lowest BCUT2D eigenvalue weighted by atomic mass is 9.90. The second kappa shape index (κ2) is 10.1. The van der Waals surface area contributed by atoms with Gasteiger partial charge >= 0.3 is 0 Å². The van der Waals surface area contributed by atoms with E-state index in [-0.39, 0.29) is 36.3 Å². The Bertz CT molecular complexity index is 1170. The predicted molar refractivity (Wildman–Crippen MR) is 136 cm³/mol. The zero-order valence-electron chi connectivity index (χ0n) is 18.4. The van der Waals surface area contributed by atoms with Crippen molar-refractivity contribution in [2.75, 3.05) is 13.6 Å². The van der Waals surface area contributed by atoms with Gasteiger partial charge in [0.15, 0.2) is 0 Å². The number of aromatic nitrogens is 1. The van der Waals surface area contributed by atoms with Crippen molar-refractivity contribution in [3.05, 3.63) is 56.4 Å². The minimum absolute atomic E-state index is 0. The molecule has 2 amide bonds. The van der Waals surface area contributed by atoms with E-state index < -0.39 is 0 Å². The van der Waals surface area contributed by atoms with E-state index in [1.54, 1.807) is 17.4 Å². The van der Waals surface area contributed by atoms with Gasteiger partial charge in [-0.1, -0.05) is 24.4 Å². The minimum Gasteiger partial charge on any atom is -0.351 e. The molecule has 1 aromatic carbocycles. The number of hydrogen-bond donors (Lipinski definition) is 3. The van der Waals surface area contributed by atoms with Crippen LogP contribution in [0.25, 0.3) is 10.9 Å². The molecule has 3 N–H and O–H groups in total. The molecule has 1 saturated carbocycles. The number of likely N-dealkylation sites (N-methyl/N-ethyl adjacent to an activating group) is 1. The molecule has 9 heteroatoms. The van der Waals surface area contributed by atoms with Gasteiger partial charge in [0, 0.05) is 46.0 Å². The number of nitrogens with zero attached hydrogens (tertiary/aromatic N) is 1. The highest BCUT2D eigenvalue weighted by Gasteiger charge is 2.30. The van der Waals surface area contributed by atoms with E-state index in [4.69, 9.17) is 11.6 Å². The molecule has 0 radical (unpaired) electrons. The molecule has 1 aliphatic carbocycles. The number of benzene rings is 1. The van der Waals surface area contributed by atoms with Crippen LogP contribution in [0.5, 0.6) is 0 Å². The fourth-order valence-corrected chi connectivity index (χ4v) is 6.02. The molecule has 33 heavy (non-hydrogen) atoms. The average Bonchev–Trinajstić information content (AvgIpc) is 3.38. The lowest BCUT2D eigenvalue weighted by Gasteiger charge is -2.32. The number of nitrogens with one attached hydrogen (secondary N) is 3. The first-order chi connectivity index (χ1) is 15.5. The lowest BCUT2D eigenvalue weighted by Crippen LogP contribution is -2.53. The smallest absolute Gasteiger partial charge is 0.268 e.